The number of nitrogens with zero attached hydrogens (tertiary/aromatic N) is 2. The Balaban J connectivity index is 2.13. The molecular weight excluding hydrogens is 442 g/mol. The normalized spacial score (nSPS) is 16.2. The van der Waals surface area contributed by atoms with Crippen molar-refractivity contribution >= 4 is 46.3 Å². The van der Waals surface area contributed by atoms with Gasteiger partial charge in [-0.25, -0.2) is 4.79 Å². The molecule has 0 saturated heterocycles. The van der Waals surface area contributed by atoms with E-state index in [9.17, 15) is 14.9 Å². The number of carbonyl (C=O) groups is 1. The Labute approximate surface area is 189 Å². The molecule has 1 atom stereocenters. The summed E-state index contributed by atoms with van der Waals surface area (Å²) in [5, 5.41) is 15.5. The number of esters is 1. The Bertz CT molecular complexity index is 1040. The number of thiocarbonyl (C=S) groups is 1. The fourth-order valence-corrected chi connectivity index (χ4v) is 3.82. The lowest BCUT2D eigenvalue weighted by Gasteiger charge is -2.37. The van der Waals surface area contributed by atoms with E-state index in [4.69, 9.17) is 33.3 Å². The second-order valence-corrected chi connectivity index (χ2v) is 7.46. The predicted octanol–water partition coefficient (Wildman–Crippen LogP) is 4.15. The molecule has 10 heteroatoms. The lowest BCUT2D eigenvalue weighted by Crippen LogP contribution is -2.48. The first-order chi connectivity index (χ1) is 14.8. The summed E-state index contributed by atoms with van der Waals surface area (Å²) in [6.45, 7) is 1.98. The highest BCUT2D eigenvalue weighted by atomic mass is 35.5. The number of nitro groups is 1. The van der Waals surface area contributed by atoms with Crippen LogP contribution in [0.2, 0.25) is 5.02 Å². The Hall–Kier alpha value is -3.01. The quantitative estimate of drug-likeness (QED) is 0.216. The zero-order valence-electron chi connectivity index (χ0n) is 16.8. The molecule has 1 heterocycles. The van der Waals surface area contributed by atoms with E-state index < -0.39 is 16.9 Å². The third-order valence-electron chi connectivity index (χ3n) is 4.75. The summed E-state index contributed by atoms with van der Waals surface area (Å²) in [5.74, 6) is -0.619. The highest BCUT2D eigenvalue weighted by molar-refractivity contribution is 7.80. The molecule has 0 aromatic heterocycles. The number of ether oxygens (including phenoxy) is 2. The van der Waals surface area contributed by atoms with Crippen LogP contribution < -0.4 is 10.2 Å². The van der Waals surface area contributed by atoms with Crippen LogP contribution in [0.15, 0.2) is 59.8 Å². The fourth-order valence-electron chi connectivity index (χ4n) is 3.34. The third-order valence-corrected chi connectivity index (χ3v) is 5.31. The Morgan fingerprint density at radius 2 is 1.90 bits per heavy atom. The molecular formula is C21H20ClN3O5S. The maximum absolute atomic E-state index is 13.0. The molecule has 8 nitrogen and oxygen atoms in total. The summed E-state index contributed by atoms with van der Waals surface area (Å²) in [5.41, 5.74) is 1.58. The number of benzene rings is 2. The van der Waals surface area contributed by atoms with Gasteiger partial charge in [0.05, 0.1) is 28.7 Å². The monoisotopic (exact) mass is 461 g/mol. The van der Waals surface area contributed by atoms with Gasteiger partial charge >= 0.3 is 5.97 Å². The Kier molecular flexibility index (Phi) is 7.21. The van der Waals surface area contributed by atoms with Crippen LogP contribution in [0, 0.1) is 10.1 Å². The van der Waals surface area contributed by atoms with Gasteiger partial charge in [0.2, 0.25) is 0 Å². The number of nitrogens with one attached hydrogen (secondary N) is 1. The van der Waals surface area contributed by atoms with Gasteiger partial charge in [-0.3, -0.25) is 15.0 Å². The summed E-state index contributed by atoms with van der Waals surface area (Å²) in [7, 11) is 1.50. The molecule has 0 bridgehead atoms. The molecule has 31 heavy (non-hydrogen) atoms. The van der Waals surface area contributed by atoms with Gasteiger partial charge in [-0.05, 0) is 49.5 Å². The lowest BCUT2D eigenvalue weighted by molar-refractivity contribution is -0.385. The van der Waals surface area contributed by atoms with E-state index in [1.807, 2.05) is 0 Å². The minimum atomic E-state index is -0.854. The molecule has 2 aromatic carbocycles. The molecule has 0 aliphatic carbocycles. The van der Waals surface area contributed by atoms with Gasteiger partial charge in [0.25, 0.3) is 5.69 Å². The number of halogens is 1. The average Bonchev–Trinajstić information content (AvgIpc) is 2.74. The van der Waals surface area contributed by atoms with E-state index in [0.29, 0.717) is 22.0 Å². The zero-order valence-corrected chi connectivity index (χ0v) is 18.4. The van der Waals surface area contributed by atoms with E-state index in [0.717, 1.165) is 0 Å². The van der Waals surface area contributed by atoms with Crippen molar-refractivity contribution in [3.05, 3.63) is 80.5 Å². The van der Waals surface area contributed by atoms with Crippen molar-refractivity contribution in [1.29, 1.82) is 0 Å². The van der Waals surface area contributed by atoms with Gasteiger partial charge < -0.3 is 14.8 Å². The van der Waals surface area contributed by atoms with Crippen LogP contribution in [0.1, 0.15) is 18.5 Å². The van der Waals surface area contributed by atoms with E-state index >= 15 is 0 Å². The second kappa shape index (κ2) is 9.86. The molecule has 0 fully saturated rings. The Morgan fingerprint density at radius 3 is 2.55 bits per heavy atom. The number of allylic oxidation sites excluding steroid dienone is 1. The summed E-state index contributed by atoms with van der Waals surface area (Å²) in [4.78, 5) is 25.8. The van der Waals surface area contributed by atoms with Crippen LogP contribution in [-0.2, 0) is 14.3 Å². The number of hydrogen-bond acceptors (Lipinski definition) is 6. The van der Waals surface area contributed by atoms with Crippen molar-refractivity contribution < 1.29 is 19.2 Å². The number of anilines is 1. The van der Waals surface area contributed by atoms with E-state index in [2.05, 4.69) is 5.32 Å². The van der Waals surface area contributed by atoms with Crippen LogP contribution in [0.25, 0.3) is 0 Å². The SMILES string of the molecule is COCCOC(=O)C1=C(C)N(c2ccc(Cl)cc2)C(=S)NC1c1ccccc1[N+](=O)[O-]. The molecule has 2 aromatic rings. The van der Waals surface area contributed by atoms with E-state index in [1.54, 1.807) is 54.3 Å². The van der Waals surface area contributed by atoms with Gasteiger partial charge in [0.1, 0.15) is 6.61 Å². The van der Waals surface area contributed by atoms with Crippen LogP contribution in [0.5, 0.6) is 0 Å². The van der Waals surface area contributed by atoms with Crippen molar-refractivity contribution in [3.8, 4) is 0 Å². The maximum atomic E-state index is 13.0. The van der Waals surface area contributed by atoms with E-state index in [1.165, 1.54) is 13.2 Å². The smallest absolute Gasteiger partial charge is 0.338 e. The fraction of sp³-hybridized carbons (Fsp3) is 0.238. The van der Waals surface area contributed by atoms with Crippen molar-refractivity contribution in [2.45, 2.75) is 13.0 Å². The van der Waals surface area contributed by atoms with Crippen molar-refractivity contribution in [2.24, 2.45) is 0 Å². The van der Waals surface area contributed by atoms with Gasteiger partial charge in [-0.15, -0.1) is 0 Å². The topological polar surface area (TPSA) is 93.9 Å². The highest BCUT2D eigenvalue weighted by Gasteiger charge is 2.38. The van der Waals surface area contributed by atoms with Crippen LogP contribution >= 0.6 is 23.8 Å². The maximum Gasteiger partial charge on any atom is 0.338 e. The molecule has 1 aliphatic rings. The minimum Gasteiger partial charge on any atom is -0.460 e. The average molecular weight is 462 g/mol. The highest BCUT2D eigenvalue weighted by Crippen LogP contribution is 2.37. The summed E-state index contributed by atoms with van der Waals surface area (Å²) < 4.78 is 10.3. The molecule has 3 rings (SSSR count). The first-order valence-electron chi connectivity index (χ1n) is 9.31. The van der Waals surface area contributed by atoms with Crippen molar-refractivity contribution in [1.82, 2.24) is 5.32 Å². The first-order valence-corrected chi connectivity index (χ1v) is 10.1. The molecule has 0 saturated carbocycles. The number of hydrogen-bond donors (Lipinski definition) is 1. The number of para-hydroxylation sites is 1. The Morgan fingerprint density at radius 1 is 1.23 bits per heavy atom. The summed E-state index contributed by atoms with van der Waals surface area (Å²) in [6, 6.07) is 12.3. The first kappa shape index (κ1) is 22.7. The minimum absolute atomic E-state index is 0.0428. The largest absolute Gasteiger partial charge is 0.460 e. The van der Waals surface area contributed by atoms with Gasteiger partial charge in [0, 0.05) is 29.6 Å². The lowest BCUT2D eigenvalue weighted by atomic mass is 9.93. The van der Waals surface area contributed by atoms with Crippen molar-refractivity contribution in [3.63, 3.8) is 0 Å². The van der Waals surface area contributed by atoms with Gasteiger partial charge in [-0.2, -0.15) is 0 Å². The third kappa shape index (κ3) is 4.84. The van der Waals surface area contributed by atoms with Crippen LogP contribution in [0.4, 0.5) is 11.4 Å². The van der Waals surface area contributed by atoms with Crippen LogP contribution in [-0.4, -0.2) is 36.3 Å². The van der Waals surface area contributed by atoms with Crippen molar-refractivity contribution in [2.75, 3.05) is 25.2 Å². The number of carbonyl (C=O) groups excluding carboxylic acids is 1. The summed E-state index contributed by atoms with van der Waals surface area (Å²) in [6.07, 6.45) is 0. The molecule has 1 N–H and O–H groups in total. The molecule has 0 amide bonds. The molecule has 0 spiro atoms. The molecule has 1 aliphatic heterocycles. The molecule has 162 valence electrons. The standard InChI is InChI=1S/C21H20ClN3O5S/c1-13-18(20(26)30-12-11-29-2)19(16-5-3-4-6-17(16)25(27)28)23-21(31)24(13)15-9-7-14(22)8-10-15/h3-10,19H,11-12H2,1-2H3,(H,23,31). The van der Waals surface area contributed by atoms with E-state index in [-0.39, 0.29) is 29.6 Å². The van der Waals surface area contributed by atoms with Crippen LogP contribution in [0.3, 0.4) is 0 Å². The zero-order chi connectivity index (χ0) is 22.5. The second-order valence-electron chi connectivity index (χ2n) is 6.64. The van der Waals surface area contributed by atoms with Gasteiger partial charge in [-0.1, -0.05) is 23.7 Å². The van der Waals surface area contributed by atoms with Gasteiger partial charge in [0.15, 0.2) is 5.11 Å². The molecule has 0 radical (unpaired) electrons. The summed E-state index contributed by atoms with van der Waals surface area (Å²) >= 11 is 11.6. The predicted molar refractivity (Wildman–Crippen MR) is 121 cm³/mol. The number of methoxy groups -OCH3 is 1. The molecule has 1 unspecified atom stereocenters. The number of nitro benzene ring substituents is 1. The number of rotatable bonds is 7.